The maximum absolute atomic E-state index is 12.9. The summed E-state index contributed by atoms with van der Waals surface area (Å²) >= 11 is 0. The molecule has 0 aromatic rings. The first-order valence-electron chi connectivity index (χ1n) is 33.8. The summed E-state index contributed by atoms with van der Waals surface area (Å²) < 4.78 is 16.9. The molecule has 0 aromatic carbocycles. The van der Waals surface area contributed by atoms with Gasteiger partial charge in [-0.15, -0.1) is 0 Å². The molecule has 0 saturated carbocycles. The maximum Gasteiger partial charge on any atom is 0.306 e. The Morgan fingerprint density at radius 2 is 0.476 bits per heavy atom. The molecule has 0 radical (unpaired) electrons. The van der Waals surface area contributed by atoms with Crippen LogP contribution in [0, 0.1) is 0 Å². The van der Waals surface area contributed by atoms with E-state index < -0.39 is 6.10 Å². The second-order valence-electron chi connectivity index (χ2n) is 22.0. The monoisotopic (exact) mass is 1130 g/mol. The van der Waals surface area contributed by atoms with Crippen molar-refractivity contribution in [2.24, 2.45) is 0 Å². The normalized spacial score (nSPS) is 13.1. The van der Waals surface area contributed by atoms with Crippen molar-refractivity contribution in [3.63, 3.8) is 0 Å². The lowest BCUT2D eigenvalue weighted by atomic mass is 10.1. The van der Waals surface area contributed by atoms with E-state index in [-0.39, 0.29) is 31.1 Å². The zero-order valence-corrected chi connectivity index (χ0v) is 53.2. The Morgan fingerprint density at radius 3 is 0.756 bits per heavy atom. The van der Waals surface area contributed by atoms with Crippen molar-refractivity contribution in [2.75, 3.05) is 13.2 Å². The molecule has 1 atom stereocenters. The van der Waals surface area contributed by atoms with Crippen LogP contribution in [0.4, 0.5) is 0 Å². The van der Waals surface area contributed by atoms with Gasteiger partial charge in [0.2, 0.25) is 0 Å². The number of ether oxygens (including phenoxy) is 3. The van der Waals surface area contributed by atoms with Crippen molar-refractivity contribution in [1.29, 1.82) is 0 Å². The van der Waals surface area contributed by atoms with Crippen molar-refractivity contribution < 1.29 is 28.6 Å². The van der Waals surface area contributed by atoms with Gasteiger partial charge in [-0.25, -0.2) is 0 Å². The lowest BCUT2D eigenvalue weighted by molar-refractivity contribution is -0.167. The topological polar surface area (TPSA) is 78.9 Å². The number of carbonyl (C=O) groups excluding carboxylic acids is 3. The molecule has 0 bridgehead atoms. The van der Waals surface area contributed by atoms with Gasteiger partial charge in [0.25, 0.3) is 0 Å². The number of rotatable bonds is 60. The first-order chi connectivity index (χ1) is 40.5. The number of hydrogen-bond acceptors (Lipinski definition) is 6. The molecule has 82 heavy (non-hydrogen) atoms. The molecule has 464 valence electrons. The predicted molar refractivity (Wildman–Crippen MR) is 357 cm³/mol. The van der Waals surface area contributed by atoms with Crippen molar-refractivity contribution in [3.05, 3.63) is 146 Å². The lowest BCUT2D eigenvalue weighted by Crippen LogP contribution is -2.30. The molecule has 1 unspecified atom stereocenters. The minimum Gasteiger partial charge on any atom is -0.462 e. The van der Waals surface area contributed by atoms with Gasteiger partial charge in [-0.05, 0) is 148 Å². The number of allylic oxidation sites excluding steroid dienone is 24. The SMILES string of the molecule is CC/C=C\C/C=C\C/C=C\C/C=C\C/C=C\C/C=C\C/C=C\C/C=C\C/C=C\CCCCCCCC(=O)OCC(COC(=O)CCCCCCC/C=C\CCCCC)OC(=O)CCCCCCCCCCC/C=C\C/C=C\CCCCC. The summed E-state index contributed by atoms with van der Waals surface area (Å²) in [6.45, 7) is 6.46. The molecule has 0 heterocycles. The van der Waals surface area contributed by atoms with E-state index in [9.17, 15) is 14.4 Å². The Bertz CT molecular complexity index is 1780. The van der Waals surface area contributed by atoms with E-state index in [1.807, 2.05) is 0 Å². The smallest absolute Gasteiger partial charge is 0.306 e. The van der Waals surface area contributed by atoms with Crippen molar-refractivity contribution in [1.82, 2.24) is 0 Å². The summed E-state index contributed by atoms with van der Waals surface area (Å²) in [6, 6.07) is 0. The van der Waals surface area contributed by atoms with Gasteiger partial charge >= 0.3 is 17.9 Å². The third-order valence-corrected chi connectivity index (χ3v) is 14.0. The second-order valence-corrected chi connectivity index (χ2v) is 22.0. The highest BCUT2D eigenvalue weighted by Crippen LogP contribution is 2.15. The fourth-order valence-corrected chi connectivity index (χ4v) is 8.99. The van der Waals surface area contributed by atoms with Gasteiger partial charge in [0, 0.05) is 19.3 Å². The highest BCUT2D eigenvalue weighted by atomic mass is 16.6. The van der Waals surface area contributed by atoms with E-state index in [0.29, 0.717) is 19.3 Å². The fourth-order valence-electron chi connectivity index (χ4n) is 8.99. The van der Waals surface area contributed by atoms with Crippen LogP contribution in [0.5, 0.6) is 0 Å². The first-order valence-corrected chi connectivity index (χ1v) is 33.8. The highest BCUT2D eigenvalue weighted by Gasteiger charge is 2.19. The van der Waals surface area contributed by atoms with E-state index in [1.165, 1.54) is 103 Å². The van der Waals surface area contributed by atoms with Crippen LogP contribution in [0.3, 0.4) is 0 Å². The molecule has 0 amide bonds. The average molecular weight is 1130 g/mol. The quantitative estimate of drug-likeness (QED) is 0.0261. The Labute approximate surface area is 506 Å². The van der Waals surface area contributed by atoms with Crippen molar-refractivity contribution >= 4 is 17.9 Å². The molecule has 0 aliphatic rings. The van der Waals surface area contributed by atoms with Crippen LogP contribution < -0.4 is 0 Å². The van der Waals surface area contributed by atoms with Gasteiger partial charge in [-0.2, -0.15) is 0 Å². The van der Waals surface area contributed by atoms with Crippen LogP contribution in [0.2, 0.25) is 0 Å². The molecule has 0 aliphatic heterocycles. The molecule has 0 rings (SSSR count). The molecular formula is C76H124O6. The Hall–Kier alpha value is -4.71. The van der Waals surface area contributed by atoms with Crippen LogP contribution in [0.15, 0.2) is 146 Å². The van der Waals surface area contributed by atoms with Crippen LogP contribution >= 0.6 is 0 Å². The van der Waals surface area contributed by atoms with Crippen LogP contribution in [-0.2, 0) is 28.6 Å². The summed E-state index contributed by atoms with van der Waals surface area (Å²) in [4.78, 5) is 38.3. The third-order valence-electron chi connectivity index (χ3n) is 14.0. The largest absolute Gasteiger partial charge is 0.462 e. The summed E-state index contributed by atoms with van der Waals surface area (Å²) in [5.74, 6) is -0.924. The Kier molecular flexibility index (Phi) is 64.8. The highest BCUT2D eigenvalue weighted by molar-refractivity contribution is 5.71. The molecule has 0 fully saturated rings. The molecule has 0 aliphatic carbocycles. The Balaban J connectivity index is 4.34. The van der Waals surface area contributed by atoms with Gasteiger partial charge in [-0.3, -0.25) is 14.4 Å². The number of hydrogen-bond donors (Lipinski definition) is 0. The average Bonchev–Trinajstić information content (AvgIpc) is 3.47. The Morgan fingerprint density at radius 1 is 0.256 bits per heavy atom. The molecule has 0 spiro atoms. The first kappa shape index (κ1) is 77.3. The summed E-state index contributed by atoms with van der Waals surface area (Å²) in [5, 5.41) is 0. The third kappa shape index (κ3) is 66.1. The molecule has 6 heteroatoms. The van der Waals surface area contributed by atoms with Crippen LogP contribution in [-0.4, -0.2) is 37.2 Å². The lowest BCUT2D eigenvalue weighted by Gasteiger charge is -2.18. The van der Waals surface area contributed by atoms with E-state index in [0.717, 1.165) is 154 Å². The maximum atomic E-state index is 12.9. The van der Waals surface area contributed by atoms with E-state index in [1.54, 1.807) is 0 Å². The van der Waals surface area contributed by atoms with Gasteiger partial charge in [0.15, 0.2) is 6.10 Å². The predicted octanol–water partition coefficient (Wildman–Crippen LogP) is 23.5. The minimum absolute atomic E-state index is 0.0936. The number of unbranched alkanes of at least 4 members (excludes halogenated alkanes) is 25. The second kappa shape index (κ2) is 68.8. The standard InChI is InChI=1S/C76H124O6/c1-4-7-10-13-16-19-22-25-27-29-31-32-33-34-35-36-37-38-39-40-41-42-43-44-46-47-49-51-54-57-60-63-66-69-75(78)81-72-73(71-80-74(77)68-65-62-59-56-53-24-21-18-15-12-9-6-3)82-76(79)70-67-64-61-58-55-52-50-48-45-30-28-26-23-20-17-14-11-8-5-2/h7,10,16-21,25-28,31-32,34-35,37-38,40-41,43-44,47,49,73H,4-6,8-9,11-15,22-24,29-30,33,36,39,42,45-46,48,50-72H2,1-3H3/b10-7-,19-16-,20-17-,21-18-,27-25-,28-26-,32-31-,35-34-,38-37-,41-40-,44-43-,49-47-. The molecule has 0 N–H and O–H groups in total. The summed E-state index contributed by atoms with van der Waals surface area (Å²) in [6.07, 6.45) is 98.6. The van der Waals surface area contributed by atoms with Gasteiger partial charge < -0.3 is 14.2 Å². The minimum atomic E-state index is -0.798. The van der Waals surface area contributed by atoms with Gasteiger partial charge in [0.05, 0.1) is 0 Å². The molecule has 6 nitrogen and oxygen atoms in total. The number of esters is 3. The van der Waals surface area contributed by atoms with Crippen LogP contribution in [0.25, 0.3) is 0 Å². The van der Waals surface area contributed by atoms with Crippen LogP contribution in [0.1, 0.15) is 297 Å². The molecular weight excluding hydrogens is 1010 g/mol. The fraction of sp³-hybridized carbons (Fsp3) is 0.645. The van der Waals surface area contributed by atoms with Crippen molar-refractivity contribution in [3.8, 4) is 0 Å². The summed E-state index contributed by atoms with van der Waals surface area (Å²) in [7, 11) is 0. The molecule has 0 saturated heterocycles. The zero-order valence-electron chi connectivity index (χ0n) is 53.2. The van der Waals surface area contributed by atoms with E-state index in [4.69, 9.17) is 14.2 Å². The van der Waals surface area contributed by atoms with Crippen molar-refractivity contribution in [2.45, 2.75) is 303 Å². The van der Waals surface area contributed by atoms with Gasteiger partial charge in [-0.1, -0.05) is 276 Å². The van der Waals surface area contributed by atoms with E-state index in [2.05, 4.69) is 167 Å². The molecule has 0 aromatic heterocycles. The van der Waals surface area contributed by atoms with Gasteiger partial charge in [0.1, 0.15) is 13.2 Å². The zero-order chi connectivity index (χ0) is 59.2. The van der Waals surface area contributed by atoms with E-state index >= 15 is 0 Å². The number of carbonyl (C=O) groups is 3. The summed E-state index contributed by atoms with van der Waals surface area (Å²) in [5.41, 5.74) is 0.